The number of ether oxygens (including phenoxy) is 1. The Hall–Kier alpha value is -1.31. The summed E-state index contributed by atoms with van der Waals surface area (Å²) in [6, 6.07) is 5.97. The zero-order valence-corrected chi connectivity index (χ0v) is 9.41. The number of aryl methyl sites for hydroxylation is 1. The molecule has 1 aliphatic heterocycles. The third-order valence-corrected chi connectivity index (χ3v) is 2.97. The van der Waals surface area contributed by atoms with Gasteiger partial charge in [-0.1, -0.05) is 31.5 Å². The third kappa shape index (κ3) is 1.89. The van der Waals surface area contributed by atoms with Crippen LogP contribution in [0.3, 0.4) is 0 Å². The lowest BCUT2D eigenvalue weighted by Crippen LogP contribution is -2.31. The van der Waals surface area contributed by atoms with E-state index in [4.69, 9.17) is 4.74 Å². The first-order chi connectivity index (χ1) is 7.08. The van der Waals surface area contributed by atoms with Crippen LogP contribution in [0.15, 0.2) is 18.2 Å². The van der Waals surface area contributed by atoms with Gasteiger partial charge in [0.1, 0.15) is 5.75 Å². The molecular weight excluding hydrogens is 188 g/mol. The van der Waals surface area contributed by atoms with E-state index < -0.39 is 0 Å². The molecule has 0 radical (unpaired) electrons. The Morgan fingerprint density at radius 2 is 2.13 bits per heavy atom. The highest BCUT2D eigenvalue weighted by atomic mass is 16.5. The quantitative estimate of drug-likeness (QED) is 0.519. The lowest BCUT2D eigenvalue weighted by molar-refractivity contribution is -0.141. The SMILES string of the molecule is Cc1ccc2c(c1)C[C@H](C(C)C)C(=O)O2. The van der Waals surface area contributed by atoms with E-state index in [1.807, 2.05) is 12.1 Å². The van der Waals surface area contributed by atoms with Gasteiger partial charge in [-0.2, -0.15) is 0 Å². The molecule has 80 valence electrons. The number of hydrogen-bond acceptors (Lipinski definition) is 2. The summed E-state index contributed by atoms with van der Waals surface area (Å²) >= 11 is 0. The Balaban J connectivity index is 2.34. The molecule has 0 fully saturated rings. The summed E-state index contributed by atoms with van der Waals surface area (Å²) in [5.41, 5.74) is 2.38. The molecule has 1 atom stereocenters. The molecule has 0 amide bonds. The minimum atomic E-state index is -0.0821. The lowest BCUT2D eigenvalue weighted by Gasteiger charge is -2.25. The highest BCUT2D eigenvalue weighted by molar-refractivity contribution is 5.78. The average molecular weight is 204 g/mol. The normalized spacial score (nSPS) is 20.0. The predicted molar refractivity (Wildman–Crippen MR) is 58.8 cm³/mol. The maximum atomic E-state index is 11.7. The van der Waals surface area contributed by atoms with Gasteiger partial charge in [-0.3, -0.25) is 4.79 Å². The predicted octanol–water partition coefficient (Wildman–Crippen LogP) is 2.73. The largest absolute Gasteiger partial charge is 0.426 e. The van der Waals surface area contributed by atoms with Gasteiger partial charge in [0.2, 0.25) is 0 Å². The Kier molecular flexibility index (Phi) is 2.51. The Labute approximate surface area is 90.3 Å². The number of rotatable bonds is 1. The standard InChI is InChI=1S/C13H16O2/c1-8(2)11-7-10-6-9(3)4-5-12(10)15-13(11)14/h4-6,8,11H,7H2,1-3H3/t11-/m1/s1. The zero-order chi connectivity index (χ0) is 11.0. The molecule has 0 aliphatic carbocycles. The van der Waals surface area contributed by atoms with Crippen LogP contribution < -0.4 is 4.74 Å². The number of esters is 1. The molecule has 0 unspecified atom stereocenters. The summed E-state index contributed by atoms with van der Waals surface area (Å²) in [5.74, 6) is 1.01. The summed E-state index contributed by atoms with van der Waals surface area (Å²) in [6.07, 6.45) is 0.813. The van der Waals surface area contributed by atoms with Crippen LogP contribution >= 0.6 is 0 Å². The van der Waals surface area contributed by atoms with Crippen molar-refractivity contribution in [3.05, 3.63) is 29.3 Å². The van der Waals surface area contributed by atoms with Gasteiger partial charge in [-0.05, 0) is 30.9 Å². The second kappa shape index (κ2) is 3.69. The van der Waals surface area contributed by atoms with E-state index in [-0.39, 0.29) is 11.9 Å². The Morgan fingerprint density at radius 1 is 1.40 bits per heavy atom. The molecular formula is C13H16O2. The summed E-state index contributed by atoms with van der Waals surface area (Å²) in [5, 5.41) is 0. The van der Waals surface area contributed by atoms with Gasteiger partial charge in [-0.15, -0.1) is 0 Å². The minimum absolute atomic E-state index is 0.0132. The topological polar surface area (TPSA) is 26.3 Å². The second-order valence-electron chi connectivity index (χ2n) is 4.59. The monoisotopic (exact) mass is 204 g/mol. The van der Waals surface area contributed by atoms with Crippen LogP contribution in [0.25, 0.3) is 0 Å². The van der Waals surface area contributed by atoms with Gasteiger partial charge in [0.05, 0.1) is 5.92 Å². The van der Waals surface area contributed by atoms with Crippen molar-refractivity contribution in [2.24, 2.45) is 11.8 Å². The fourth-order valence-electron chi connectivity index (χ4n) is 1.98. The summed E-state index contributed by atoms with van der Waals surface area (Å²) < 4.78 is 5.32. The highest BCUT2D eigenvalue weighted by Crippen LogP contribution is 2.31. The second-order valence-corrected chi connectivity index (χ2v) is 4.59. The van der Waals surface area contributed by atoms with Crippen molar-refractivity contribution in [1.82, 2.24) is 0 Å². The van der Waals surface area contributed by atoms with Gasteiger partial charge >= 0.3 is 5.97 Å². The first-order valence-corrected chi connectivity index (χ1v) is 5.39. The van der Waals surface area contributed by atoms with E-state index in [1.54, 1.807) is 0 Å². The van der Waals surface area contributed by atoms with Crippen LogP contribution in [0, 0.1) is 18.8 Å². The van der Waals surface area contributed by atoms with Crippen LogP contribution in [0.5, 0.6) is 5.75 Å². The first-order valence-electron chi connectivity index (χ1n) is 5.39. The molecule has 1 heterocycles. The van der Waals surface area contributed by atoms with Crippen molar-refractivity contribution in [2.75, 3.05) is 0 Å². The fraction of sp³-hybridized carbons (Fsp3) is 0.462. The molecule has 15 heavy (non-hydrogen) atoms. The number of carbonyl (C=O) groups excluding carboxylic acids is 1. The van der Waals surface area contributed by atoms with Crippen LogP contribution in [0.1, 0.15) is 25.0 Å². The summed E-state index contributed by atoms with van der Waals surface area (Å²) in [7, 11) is 0. The lowest BCUT2D eigenvalue weighted by atomic mass is 9.87. The van der Waals surface area contributed by atoms with Gasteiger partial charge in [0.25, 0.3) is 0 Å². The van der Waals surface area contributed by atoms with Crippen molar-refractivity contribution in [3.8, 4) is 5.75 Å². The molecule has 0 aromatic heterocycles. The molecule has 1 aromatic carbocycles. The number of fused-ring (bicyclic) bond motifs is 1. The van der Waals surface area contributed by atoms with Crippen molar-refractivity contribution < 1.29 is 9.53 Å². The van der Waals surface area contributed by atoms with E-state index >= 15 is 0 Å². The number of benzene rings is 1. The molecule has 0 saturated heterocycles. The maximum Gasteiger partial charge on any atom is 0.314 e. The van der Waals surface area contributed by atoms with Crippen molar-refractivity contribution in [2.45, 2.75) is 27.2 Å². The smallest absolute Gasteiger partial charge is 0.314 e. The van der Waals surface area contributed by atoms with E-state index in [0.29, 0.717) is 5.92 Å². The molecule has 0 bridgehead atoms. The molecule has 2 heteroatoms. The number of hydrogen-bond donors (Lipinski definition) is 0. The molecule has 0 spiro atoms. The van der Waals surface area contributed by atoms with Crippen LogP contribution in [-0.2, 0) is 11.2 Å². The van der Waals surface area contributed by atoms with E-state index in [2.05, 4.69) is 26.8 Å². The highest BCUT2D eigenvalue weighted by Gasteiger charge is 2.30. The van der Waals surface area contributed by atoms with Crippen molar-refractivity contribution in [1.29, 1.82) is 0 Å². The number of carbonyl (C=O) groups is 1. The van der Waals surface area contributed by atoms with Gasteiger partial charge in [-0.25, -0.2) is 0 Å². The molecule has 1 aromatic rings. The Bertz CT molecular complexity index is 394. The molecule has 0 saturated carbocycles. The van der Waals surface area contributed by atoms with Crippen LogP contribution in [-0.4, -0.2) is 5.97 Å². The molecule has 2 rings (SSSR count). The Morgan fingerprint density at radius 3 is 2.80 bits per heavy atom. The zero-order valence-electron chi connectivity index (χ0n) is 9.41. The van der Waals surface area contributed by atoms with Gasteiger partial charge in [0, 0.05) is 0 Å². The van der Waals surface area contributed by atoms with Crippen molar-refractivity contribution in [3.63, 3.8) is 0 Å². The molecule has 1 aliphatic rings. The van der Waals surface area contributed by atoms with Crippen LogP contribution in [0.4, 0.5) is 0 Å². The summed E-state index contributed by atoms with van der Waals surface area (Å²) in [4.78, 5) is 11.7. The molecule has 0 N–H and O–H groups in total. The third-order valence-electron chi connectivity index (χ3n) is 2.97. The minimum Gasteiger partial charge on any atom is -0.426 e. The molecule has 2 nitrogen and oxygen atoms in total. The first kappa shape index (κ1) is 10.2. The fourth-order valence-corrected chi connectivity index (χ4v) is 1.98. The van der Waals surface area contributed by atoms with Gasteiger partial charge < -0.3 is 4.74 Å². The average Bonchev–Trinajstić information content (AvgIpc) is 2.17. The van der Waals surface area contributed by atoms with Crippen LogP contribution in [0.2, 0.25) is 0 Å². The van der Waals surface area contributed by atoms with E-state index in [0.717, 1.165) is 17.7 Å². The van der Waals surface area contributed by atoms with Gasteiger partial charge in [0.15, 0.2) is 0 Å². The summed E-state index contributed by atoms with van der Waals surface area (Å²) in [6.45, 7) is 6.18. The van der Waals surface area contributed by atoms with Crippen molar-refractivity contribution >= 4 is 5.97 Å². The van der Waals surface area contributed by atoms with E-state index in [1.165, 1.54) is 5.56 Å². The van der Waals surface area contributed by atoms with E-state index in [9.17, 15) is 4.79 Å². The maximum absolute atomic E-state index is 11.7.